The van der Waals surface area contributed by atoms with Crippen molar-refractivity contribution in [1.82, 2.24) is 0 Å². The SMILES string of the molecule is N#Cc1cc2c3ccccc3ccc2c2ccsc12. The molecule has 1 heterocycles. The number of benzene rings is 3. The van der Waals surface area contributed by atoms with Crippen molar-refractivity contribution in [3.8, 4) is 6.07 Å². The quantitative estimate of drug-likeness (QED) is 0.404. The molecule has 88 valence electrons. The molecule has 0 saturated carbocycles. The fourth-order valence-electron chi connectivity index (χ4n) is 2.71. The lowest BCUT2D eigenvalue weighted by atomic mass is 9.98. The van der Waals surface area contributed by atoms with Crippen molar-refractivity contribution >= 4 is 43.0 Å². The van der Waals surface area contributed by atoms with Crippen LogP contribution in [0.5, 0.6) is 0 Å². The molecule has 0 bridgehead atoms. The summed E-state index contributed by atoms with van der Waals surface area (Å²) in [5, 5.41) is 17.4. The number of thiophene rings is 1. The monoisotopic (exact) mass is 259 g/mol. The van der Waals surface area contributed by atoms with Gasteiger partial charge in [0.25, 0.3) is 0 Å². The summed E-state index contributed by atoms with van der Waals surface area (Å²) in [5.41, 5.74) is 0.772. The molecule has 4 aromatic rings. The zero-order valence-electron chi connectivity index (χ0n) is 10.1. The molecule has 0 unspecified atom stereocenters. The molecule has 0 saturated heterocycles. The zero-order valence-corrected chi connectivity index (χ0v) is 10.9. The summed E-state index contributed by atoms with van der Waals surface area (Å²) in [4.78, 5) is 0. The molecule has 19 heavy (non-hydrogen) atoms. The van der Waals surface area contributed by atoms with Crippen molar-refractivity contribution in [1.29, 1.82) is 5.26 Å². The first-order chi connectivity index (χ1) is 9.38. The van der Waals surface area contributed by atoms with Gasteiger partial charge in [-0.1, -0.05) is 36.4 Å². The molecule has 0 aliphatic heterocycles. The van der Waals surface area contributed by atoms with Gasteiger partial charge < -0.3 is 0 Å². The van der Waals surface area contributed by atoms with Crippen LogP contribution in [-0.4, -0.2) is 0 Å². The zero-order chi connectivity index (χ0) is 12.8. The Hall–Kier alpha value is -2.37. The van der Waals surface area contributed by atoms with Crippen LogP contribution in [0.2, 0.25) is 0 Å². The van der Waals surface area contributed by atoms with E-state index in [0.717, 1.165) is 10.3 Å². The Morgan fingerprint density at radius 1 is 0.842 bits per heavy atom. The van der Waals surface area contributed by atoms with Gasteiger partial charge in [0.15, 0.2) is 0 Å². The maximum absolute atomic E-state index is 9.34. The Labute approximate surface area is 114 Å². The summed E-state index contributed by atoms with van der Waals surface area (Å²) < 4.78 is 1.09. The van der Waals surface area contributed by atoms with E-state index in [1.54, 1.807) is 11.3 Å². The van der Waals surface area contributed by atoms with Gasteiger partial charge in [-0.25, -0.2) is 0 Å². The Kier molecular flexibility index (Phi) is 2.11. The van der Waals surface area contributed by atoms with Gasteiger partial charge >= 0.3 is 0 Å². The van der Waals surface area contributed by atoms with Crippen molar-refractivity contribution in [2.24, 2.45) is 0 Å². The summed E-state index contributed by atoms with van der Waals surface area (Å²) in [6, 6.07) is 19.1. The summed E-state index contributed by atoms with van der Waals surface area (Å²) in [7, 11) is 0. The van der Waals surface area contributed by atoms with Crippen molar-refractivity contribution < 1.29 is 0 Å². The van der Waals surface area contributed by atoms with E-state index in [4.69, 9.17) is 0 Å². The van der Waals surface area contributed by atoms with E-state index in [-0.39, 0.29) is 0 Å². The van der Waals surface area contributed by atoms with Crippen LogP contribution in [0.15, 0.2) is 53.9 Å². The number of hydrogen-bond acceptors (Lipinski definition) is 2. The van der Waals surface area contributed by atoms with Gasteiger partial charge in [-0.15, -0.1) is 11.3 Å². The molecule has 0 atom stereocenters. The highest BCUT2D eigenvalue weighted by molar-refractivity contribution is 7.17. The van der Waals surface area contributed by atoms with E-state index >= 15 is 0 Å². The van der Waals surface area contributed by atoms with Gasteiger partial charge in [0.05, 0.1) is 10.3 Å². The summed E-state index contributed by atoms with van der Waals surface area (Å²) in [5.74, 6) is 0. The third-order valence-electron chi connectivity index (χ3n) is 3.58. The Balaban J connectivity index is 2.35. The molecule has 1 aromatic heterocycles. The van der Waals surface area contributed by atoms with Crippen LogP contribution >= 0.6 is 11.3 Å². The standard InChI is InChI=1S/C17H9NS/c18-10-12-9-16-13-4-2-1-3-11(13)5-6-14(16)15-7-8-19-17(12)15/h1-9H. The van der Waals surface area contributed by atoms with Gasteiger partial charge in [0, 0.05) is 5.39 Å². The molecule has 0 aliphatic carbocycles. The highest BCUT2D eigenvalue weighted by Crippen LogP contribution is 2.35. The maximum Gasteiger partial charge on any atom is 0.101 e. The van der Waals surface area contributed by atoms with E-state index in [1.165, 1.54) is 26.9 Å². The fourth-order valence-corrected chi connectivity index (χ4v) is 3.59. The predicted molar refractivity (Wildman–Crippen MR) is 81.6 cm³/mol. The van der Waals surface area contributed by atoms with Crippen LogP contribution in [-0.2, 0) is 0 Å². The molecule has 0 fully saturated rings. The number of rotatable bonds is 0. The minimum absolute atomic E-state index is 0.772. The van der Waals surface area contributed by atoms with Gasteiger partial charge in [-0.05, 0) is 39.1 Å². The molecule has 0 radical (unpaired) electrons. The fraction of sp³-hybridized carbons (Fsp3) is 0. The van der Waals surface area contributed by atoms with E-state index < -0.39 is 0 Å². The topological polar surface area (TPSA) is 23.8 Å². The van der Waals surface area contributed by atoms with Crippen LogP contribution in [0.3, 0.4) is 0 Å². The van der Waals surface area contributed by atoms with Crippen LogP contribution in [0.4, 0.5) is 0 Å². The summed E-state index contributed by atoms with van der Waals surface area (Å²) >= 11 is 1.64. The molecule has 0 amide bonds. The van der Waals surface area contributed by atoms with E-state index in [0.29, 0.717) is 0 Å². The van der Waals surface area contributed by atoms with Crippen LogP contribution in [0, 0.1) is 11.3 Å². The number of fused-ring (bicyclic) bond motifs is 5. The molecular formula is C17H9NS. The molecular weight excluding hydrogens is 250 g/mol. The van der Waals surface area contributed by atoms with Crippen molar-refractivity contribution in [3.63, 3.8) is 0 Å². The van der Waals surface area contributed by atoms with E-state index in [9.17, 15) is 5.26 Å². The van der Waals surface area contributed by atoms with E-state index in [2.05, 4.69) is 41.8 Å². The Bertz CT molecular complexity index is 973. The lowest BCUT2D eigenvalue weighted by Gasteiger charge is -2.06. The maximum atomic E-state index is 9.34. The van der Waals surface area contributed by atoms with Gasteiger partial charge in [-0.2, -0.15) is 5.26 Å². The first kappa shape index (κ1) is 10.5. The second kappa shape index (κ2) is 3.81. The normalized spacial score (nSPS) is 11.1. The van der Waals surface area contributed by atoms with Crippen LogP contribution in [0.1, 0.15) is 5.56 Å². The molecule has 3 aromatic carbocycles. The number of nitrogens with zero attached hydrogens (tertiary/aromatic N) is 1. The average Bonchev–Trinajstić information content (AvgIpc) is 2.95. The molecule has 0 aliphatic rings. The van der Waals surface area contributed by atoms with E-state index in [1.807, 2.05) is 18.2 Å². The van der Waals surface area contributed by atoms with Gasteiger partial charge in [0.2, 0.25) is 0 Å². The van der Waals surface area contributed by atoms with Crippen molar-refractivity contribution in [2.75, 3.05) is 0 Å². The first-order valence-electron chi connectivity index (χ1n) is 6.10. The van der Waals surface area contributed by atoms with Gasteiger partial charge in [0.1, 0.15) is 6.07 Å². The number of nitriles is 1. The van der Waals surface area contributed by atoms with Crippen molar-refractivity contribution in [3.05, 3.63) is 59.5 Å². The third-order valence-corrected chi connectivity index (χ3v) is 4.53. The smallest absolute Gasteiger partial charge is 0.101 e. The van der Waals surface area contributed by atoms with Gasteiger partial charge in [-0.3, -0.25) is 0 Å². The predicted octanol–water partition coefficient (Wildman–Crippen LogP) is 5.08. The average molecular weight is 259 g/mol. The minimum atomic E-state index is 0.772. The summed E-state index contributed by atoms with van der Waals surface area (Å²) in [6.07, 6.45) is 0. The third kappa shape index (κ3) is 1.39. The Morgan fingerprint density at radius 2 is 1.74 bits per heavy atom. The lowest BCUT2D eigenvalue weighted by Crippen LogP contribution is -1.81. The number of hydrogen-bond donors (Lipinski definition) is 0. The lowest BCUT2D eigenvalue weighted by molar-refractivity contribution is 1.51. The highest BCUT2D eigenvalue weighted by Gasteiger charge is 2.09. The van der Waals surface area contributed by atoms with Crippen molar-refractivity contribution in [2.45, 2.75) is 0 Å². The Morgan fingerprint density at radius 3 is 2.63 bits per heavy atom. The molecule has 2 heteroatoms. The second-order valence-electron chi connectivity index (χ2n) is 4.58. The molecule has 0 spiro atoms. The van der Waals surface area contributed by atoms with Crippen LogP contribution in [0.25, 0.3) is 31.6 Å². The second-order valence-corrected chi connectivity index (χ2v) is 5.50. The first-order valence-corrected chi connectivity index (χ1v) is 6.98. The minimum Gasteiger partial charge on any atom is -0.192 e. The molecule has 0 N–H and O–H groups in total. The molecule has 1 nitrogen and oxygen atoms in total. The highest BCUT2D eigenvalue weighted by atomic mass is 32.1. The van der Waals surface area contributed by atoms with Crippen LogP contribution < -0.4 is 0 Å². The summed E-state index contributed by atoms with van der Waals surface area (Å²) in [6.45, 7) is 0. The molecule has 4 rings (SSSR count). The largest absolute Gasteiger partial charge is 0.192 e.